The maximum atomic E-state index is 13.6. The summed E-state index contributed by atoms with van der Waals surface area (Å²) in [5, 5.41) is 0.588. The highest BCUT2D eigenvalue weighted by atomic mass is 35.5. The smallest absolute Gasteiger partial charge is 0.353 e. The molecule has 2 aliphatic heterocycles. The van der Waals surface area contributed by atoms with Gasteiger partial charge in [0.1, 0.15) is 5.82 Å². The van der Waals surface area contributed by atoms with Crippen molar-refractivity contribution in [3.05, 3.63) is 53.2 Å². The van der Waals surface area contributed by atoms with Crippen LogP contribution in [0.1, 0.15) is 25.3 Å². The van der Waals surface area contributed by atoms with Crippen molar-refractivity contribution in [3.63, 3.8) is 0 Å². The molecular weight excluding hydrogens is 529 g/mol. The first-order valence-electron chi connectivity index (χ1n) is 13.3. The van der Waals surface area contributed by atoms with E-state index in [2.05, 4.69) is 21.7 Å². The third-order valence-electron chi connectivity index (χ3n) is 7.13. The summed E-state index contributed by atoms with van der Waals surface area (Å²) >= 11 is 6.26. The van der Waals surface area contributed by atoms with Crippen LogP contribution in [0.5, 0.6) is 0 Å². The fraction of sp³-hybridized carbons (Fsp3) is 0.481. The SMILES string of the molecule is CCCCN1CCN(c2nc(-c3cccc(Cl)c3)nc(N3CCN(c4ncccc4C(F)(F)F)CC3)n2)CC1. The van der Waals surface area contributed by atoms with Gasteiger partial charge in [-0.25, -0.2) is 4.98 Å². The summed E-state index contributed by atoms with van der Waals surface area (Å²) in [6, 6.07) is 9.79. The van der Waals surface area contributed by atoms with Gasteiger partial charge in [-0.15, -0.1) is 0 Å². The molecule has 0 amide bonds. The molecule has 2 aromatic heterocycles. The Balaban J connectivity index is 1.37. The first-order chi connectivity index (χ1) is 18.8. The highest BCUT2D eigenvalue weighted by molar-refractivity contribution is 6.30. The molecule has 2 saturated heterocycles. The van der Waals surface area contributed by atoms with Gasteiger partial charge in [-0.2, -0.15) is 28.1 Å². The van der Waals surface area contributed by atoms with Crippen LogP contribution < -0.4 is 14.7 Å². The quantitative estimate of drug-likeness (QED) is 0.406. The number of aromatic nitrogens is 4. The molecule has 0 N–H and O–H groups in total. The normalized spacial score (nSPS) is 17.1. The number of piperazine rings is 2. The monoisotopic (exact) mass is 560 g/mol. The van der Waals surface area contributed by atoms with Crippen LogP contribution in [0.3, 0.4) is 0 Å². The minimum absolute atomic E-state index is 0.0402. The Hall–Kier alpha value is -3.18. The number of nitrogens with zero attached hydrogens (tertiary/aromatic N) is 8. The van der Waals surface area contributed by atoms with E-state index in [9.17, 15) is 13.2 Å². The summed E-state index contributed by atoms with van der Waals surface area (Å²) < 4.78 is 40.7. The molecule has 1 aromatic carbocycles. The lowest BCUT2D eigenvalue weighted by molar-refractivity contribution is -0.137. The molecule has 2 fully saturated rings. The van der Waals surface area contributed by atoms with E-state index in [1.807, 2.05) is 23.1 Å². The molecule has 0 radical (unpaired) electrons. The van der Waals surface area contributed by atoms with Gasteiger partial charge in [0, 0.05) is 69.1 Å². The van der Waals surface area contributed by atoms with E-state index in [0.717, 1.165) is 44.4 Å². The van der Waals surface area contributed by atoms with Crippen LogP contribution >= 0.6 is 11.6 Å². The van der Waals surface area contributed by atoms with Gasteiger partial charge in [0.15, 0.2) is 5.82 Å². The number of benzene rings is 1. The molecule has 4 heterocycles. The predicted octanol–water partition coefficient (Wildman–Crippen LogP) is 4.85. The summed E-state index contributed by atoms with van der Waals surface area (Å²) in [6.07, 6.45) is -0.709. The second-order valence-electron chi connectivity index (χ2n) is 9.80. The second kappa shape index (κ2) is 11.9. The van der Waals surface area contributed by atoms with E-state index in [1.165, 1.54) is 25.1 Å². The molecule has 0 unspecified atom stereocenters. The number of hydrogen-bond acceptors (Lipinski definition) is 8. The minimum atomic E-state index is -4.46. The van der Waals surface area contributed by atoms with Crippen LogP contribution in [0.2, 0.25) is 5.02 Å². The summed E-state index contributed by atoms with van der Waals surface area (Å²) in [5.41, 5.74) is 0.0677. The average molecular weight is 561 g/mol. The largest absolute Gasteiger partial charge is 0.419 e. The zero-order chi connectivity index (χ0) is 27.4. The molecular formula is C27H32ClF3N8. The second-order valence-corrected chi connectivity index (χ2v) is 10.2. The topological polar surface area (TPSA) is 64.5 Å². The molecule has 2 aliphatic rings. The van der Waals surface area contributed by atoms with Gasteiger partial charge in [-0.3, -0.25) is 4.90 Å². The number of halogens is 4. The maximum Gasteiger partial charge on any atom is 0.419 e. The van der Waals surface area contributed by atoms with Crippen LogP contribution in [0, 0.1) is 0 Å². The maximum absolute atomic E-state index is 13.6. The van der Waals surface area contributed by atoms with Crippen molar-refractivity contribution in [2.24, 2.45) is 0 Å². The molecule has 0 aliphatic carbocycles. The highest BCUT2D eigenvalue weighted by Gasteiger charge is 2.36. The van der Waals surface area contributed by atoms with Crippen molar-refractivity contribution < 1.29 is 13.2 Å². The van der Waals surface area contributed by atoms with Crippen molar-refractivity contribution in [2.45, 2.75) is 25.9 Å². The van der Waals surface area contributed by atoms with Gasteiger partial charge in [0.25, 0.3) is 0 Å². The fourth-order valence-corrected chi connectivity index (χ4v) is 5.13. The number of alkyl halides is 3. The molecule has 0 atom stereocenters. The third-order valence-corrected chi connectivity index (χ3v) is 7.37. The first-order valence-corrected chi connectivity index (χ1v) is 13.7. The molecule has 0 saturated carbocycles. The third kappa shape index (κ3) is 6.52. The Kier molecular flexibility index (Phi) is 8.37. The highest BCUT2D eigenvalue weighted by Crippen LogP contribution is 2.35. The summed E-state index contributed by atoms with van der Waals surface area (Å²) in [6.45, 7) is 8.45. The van der Waals surface area contributed by atoms with Crippen LogP contribution in [-0.4, -0.2) is 83.7 Å². The molecule has 12 heteroatoms. The Morgan fingerprint density at radius 3 is 2.08 bits per heavy atom. The molecule has 0 bridgehead atoms. The molecule has 3 aromatic rings. The van der Waals surface area contributed by atoms with E-state index in [0.29, 0.717) is 48.9 Å². The van der Waals surface area contributed by atoms with Crippen molar-refractivity contribution in [1.29, 1.82) is 0 Å². The van der Waals surface area contributed by atoms with Gasteiger partial charge >= 0.3 is 6.18 Å². The Morgan fingerprint density at radius 2 is 1.46 bits per heavy atom. The van der Waals surface area contributed by atoms with Gasteiger partial charge in [0.2, 0.25) is 11.9 Å². The zero-order valence-electron chi connectivity index (χ0n) is 21.9. The van der Waals surface area contributed by atoms with Crippen molar-refractivity contribution in [1.82, 2.24) is 24.8 Å². The number of rotatable bonds is 7. The van der Waals surface area contributed by atoms with Gasteiger partial charge in [0.05, 0.1) is 5.56 Å². The molecule has 8 nitrogen and oxygen atoms in total. The summed E-state index contributed by atoms with van der Waals surface area (Å²) in [5.74, 6) is 1.61. The van der Waals surface area contributed by atoms with E-state index in [4.69, 9.17) is 26.6 Å². The molecule has 39 heavy (non-hydrogen) atoms. The molecule has 0 spiro atoms. The Labute approximate surface area is 231 Å². The van der Waals surface area contributed by atoms with E-state index in [1.54, 1.807) is 11.0 Å². The van der Waals surface area contributed by atoms with E-state index < -0.39 is 11.7 Å². The standard InChI is InChI=1S/C27H32ClF3N8/c1-2-3-10-36-11-13-38(14-12-36)25-33-23(20-6-4-7-21(28)19-20)34-26(35-25)39-17-15-37(16-18-39)24-22(27(29,30)31)8-5-9-32-24/h4-9,19H,2-3,10-18H2,1H3. The lowest BCUT2D eigenvalue weighted by Crippen LogP contribution is -2.49. The van der Waals surface area contributed by atoms with Crippen molar-refractivity contribution in [2.75, 3.05) is 73.6 Å². The zero-order valence-corrected chi connectivity index (χ0v) is 22.7. The van der Waals surface area contributed by atoms with Gasteiger partial charge in [-0.05, 0) is 37.2 Å². The number of hydrogen-bond donors (Lipinski definition) is 0. The van der Waals surface area contributed by atoms with Gasteiger partial charge in [-0.1, -0.05) is 37.1 Å². The summed E-state index contributed by atoms with van der Waals surface area (Å²) in [4.78, 5) is 26.8. The Morgan fingerprint density at radius 1 is 0.821 bits per heavy atom. The van der Waals surface area contributed by atoms with E-state index in [-0.39, 0.29) is 5.82 Å². The van der Waals surface area contributed by atoms with Crippen LogP contribution in [-0.2, 0) is 6.18 Å². The first kappa shape index (κ1) is 27.4. The van der Waals surface area contributed by atoms with Gasteiger partial charge < -0.3 is 14.7 Å². The molecule has 5 rings (SSSR count). The number of unbranched alkanes of at least 4 members (excludes halogenated alkanes) is 1. The number of pyridine rings is 1. The van der Waals surface area contributed by atoms with Crippen molar-refractivity contribution in [3.8, 4) is 11.4 Å². The van der Waals surface area contributed by atoms with Crippen LogP contribution in [0.4, 0.5) is 30.9 Å². The number of anilines is 3. The van der Waals surface area contributed by atoms with Crippen molar-refractivity contribution >= 4 is 29.3 Å². The average Bonchev–Trinajstić information content (AvgIpc) is 2.96. The lowest BCUT2D eigenvalue weighted by Gasteiger charge is -2.37. The molecule has 208 valence electrons. The predicted molar refractivity (Wildman–Crippen MR) is 147 cm³/mol. The summed E-state index contributed by atoms with van der Waals surface area (Å²) in [7, 11) is 0. The fourth-order valence-electron chi connectivity index (χ4n) is 4.94. The van der Waals surface area contributed by atoms with Crippen LogP contribution in [0.25, 0.3) is 11.4 Å². The lowest BCUT2D eigenvalue weighted by atomic mass is 10.2. The van der Waals surface area contributed by atoms with Crippen LogP contribution in [0.15, 0.2) is 42.6 Å². The minimum Gasteiger partial charge on any atom is -0.353 e. The van der Waals surface area contributed by atoms with E-state index >= 15 is 0 Å². The Bertz CT molecular complexity index is 1260.